The molecule has 0 bridgehead atoms. The Balaban J connectivity index is 1.87. The number of carbonyl (C=O) groups is 2. The van der Waals surface area contributed by atoms with E-state index in [2.05, 4.69) is 29.4 Å². The number of benzene rings is 1. The van der Waals surface area contributed by atoms with Crippen molar-refractivity contribution < 1.29 is 14.7 Å². The van der Waals surface area contributed by atoms with Gasteiger partial charge in [0.1, 0.15) is 0 Å². The molecule has 25 heavy (non-hydrogen) atoms. The lowest BCUT2D eigenvalue weighted by Crippen LogP contribution is -2.31. The fourth-order valence-electron chi connectivity index (χ4n) is 2.60. The number of hydrogen-bond donors (Lipinski definition) is 2. The number of para-hydroxylation sites is 1. The van der Waals surface area contributed by atoms with Crippen LogP contribution in [-0.4, -0.2) is 27.5 Å². The van der Waals surface area contributed by atoms with Crippen molar-refractivity contribution in [1.29, 1.82) is 0 Å². The molecule has 1 aliphatic rings. The first-order chi connectivity index (χ1) is 12.0. The van der Waals surface area contributed by atoms with E-state index in [4.69, 9.17) is 0 Å². The molecule has 1 saturated carbocycles. The number of amides is 2. The Morgan fingerprint density at radius 1 is 1.32 bits per heavy atom. The van der Waals surface area contributed by atoms with Crippen molar-refractivity contribution in [2.75, 3.05) is 0 Å². The van der Waals surface area contributed by atoms with Crippen LogP contribution in [0.15, 0.2) is 34.5 Å². The number of carbonyl (C=O) groups excluding carboxylic acids is 2. The number of azo groups is 1. The van der Waals surface area contributed by atoms with Crippen LogP contribution in [0.3, 0.4) is 0 Å². The van der Waals surface area contributed by atoms with Crippen LogP contribution in [0.5, 0.6) is 5.88 Å². The average molecular weight is 342 g/mol. The molecule has 1 aromatic carbocycles. The van der Waals surface area contributed by atoms with Gasteiger partial charge in [-0.05, 0) is 31.2 Å². The number of aromatic nitrogens is 1. The van der Waals surface area contributed by atoms with E-state index in [1.165, 1.54) is 0 Å². The summed E-state index contributed by atoms with van der Waals surface area (Å²) in [7, 11) is 0. The molecule has 1 aromatic heterocycles. The molecule has 2 amide bonds. The van der Waals surface area contributed by atoms with Crippen molar-refractivity contribution in [2.24, 2.45) is 16.1 Å². The maximum atomic E-state index is 11.8. The Kier molecular flexibility index (Phi) is 4.83. The Labute approximate surface area is 145 Å². The normalized spacial score (nSPS) is 14.5. The summed E-state index contributed by atoms with van der Waals surface area (Å²) in [5, 5.41) is 21.2. The number of fused-ring (bicyclic) bond motifs is 1. The van der Waals surface area contributed by atoms with Crippen molar-refractivity contribution in [3.8, 4) is 5.88 Å². The third-order valence-electron chi connectivity index (χ3n) is 4.20. The molecule has 0 radical (unpaired) electrons. The monoisotopic (exact) mass is 342 g/mol. The van der Waals surface area contributed by atoms with E-state index in [1.807, 2.05) is 24.3 Å². The Hall–Kier alpha value is -2.70. The number of aromatic hydroxyl groups is 1. The highest BCUT2D eigenvalue weighted by Crippen LogP contribution is 2.39. The van der Waals surface area contributed by atoms with Crippen molar-refractivity contribution in [1.82, 2.24) is 9.88 Å². The summed E-state index contributed by atoms with van der Waals surface area (Å²) in [4.78, 5) is 23.5. The smallest absolute Gasteiger partial charge is 0.353 e. The van der Waals surface area contributed by atoms with Crippen LogP contribution in [0.4, 0.5) is 5.69 Å². The van der Waals surface area contributed by atoms with E-state index < -0.39 is 11.8 Å². The van der Waals surface area contributed by atoms with Gasteiger partial charge >= 0.3 is 11.8 Å². The van der Waals surface area contributed by atoms with E-state index in [1.54, 1.807) is 4.57 Å². The van der Waals surface area contributed by atoms with Crippen LogP contribution in [0.1, 0.15) is 33.1 Å². The first-order valence-electron chi connectivity index (χ1n) is 8.54. The molecule has 2 N–H and O–H groups in total. The van der Waals surface area contributed by atoms with Crippen LogP contribution < -0.4 is 5.32 Å². The predicted molar refractivity (Wildman–Crippen MR) is 93.7 cm³/mol. The van der Waals surface area contributed by atoms with Crippen molar-refractivity contribution in [3.63, 3.8) is 0 Å². The van der Waals surface area contributed by atoms with Crippen LogP contribution in [-0.2, 0) is 16.1 Å². The van der Waals surface area contributed by atoms with Gasteiger partial charge in [-0.25, -0.2) is 0 Å². The predicted octanol–water partition coefficient (Wildman–Crippen LogP) is 3.28. The minimum Gasteiger partial charge on any atom is -0.493 e. The maximum absolute atomic E-state index is 11.8. The second kappa shape index (κ2) is 7.04. The van der Waals surface area contributed by atoms with Gasteiger partial charge in [0, 0.05) is 18.0 Å². The topological polar surface area (TPSA) is 96.0 Å². The molecule has 0 saturated heterocycles. The van der Waals surface area contributed by atoms with Gasteiger partial charge in [-0.2, -0.15) is 0 Å². The quantitative estimate of drug-likeness (QED) is 0.644. The van der Waals surface area contributed by atoms with Gasteiger partial charge < -0.3 is 15.0 Å². The molecule has 1 heterocycles. The van der Waals surface area contributed by atoms with E-state index in [0.29, 0.717) is 17.8 Å². The van der Waals surface area contributed by atoms with E-state index in [-0.39, 0.29) is 17.6 Å². The summed E-state index contributed by atoms with van der Waals surface area (Å²) in [5.74, 6) is -1.26. The highest BCUT2D eigenvalue weighted by Gasteiger charge is 2.26. The van der Waals surface area contributed by atoms with Gasteiger partial charge in [0.25, 0.3) is 0 Å². The first kappa shape index (κ1) is 17.1. The third kappa shape index (κ3) is 3.87. The van der Waals surface area contributed by atoms with Gasteiger partial charge in [0.2, 0.25) is 5.88 Å². The molecule has 0 atom stereocenters. The third-order valence-corrected chi connectivity index (χ3v) is 4.20. The molecule has 1 fully saturated rings. The minimum atomic E-state index is -0.953. The zero-order valence-electron chi connectivity index (χ0n) is 14.4. The molecule has 132 valence electrons. The van der Waals surface area contributed by atoms with Crippen LogP contribution in [0.25, 0.3) is 10.9 Å². The van der Waals surface area contributed by atoms with E-state index in [9.17, 15) is 14.7 Å². The highest BCUT2D eigenvalue weighted by molar-refractivity contribution is 6.35. The average Bonchev–Trinajstić information content (AvgIpc) is 3.35. The summed E-state index contributed by atoms with van der Waals surface area (Å²) in [6, 6.07) is 7.48. The Morgan fingerprint density at radius 3 is 2.72 bits per heavy atom. The molecular weight excluding hydrogens is 320 g/mol. The first-order valence-corrected chi connectivity index (χ1v) is 8.54. The molecule has 0 unspecified atom stereocenters. The van der Waals surface area contributed by atoms with E-state index >= 15 is 0 Å². The van der Waals surface area contributed by atoms with E-state index in [0.717, 1.165) is 24.8 Å². The zero-order chi connectivity index (χ0) is 18.0. The van der Waals surface area contributed by atoms with Crippen LogP contribution in [0.2, 0.25) is 0 Å². The molecule has 1 aliphatic carbocycles. The number of aryl methyl sites for hydroxylation is 1. The number of nitrogens with zero attached hydrogens (tertiary/aromatic N) is 3. The molecular formula is C18H22N4O3. The molecule has 0 spiro atoms. The minimum absolute atomic E-state index is 0.0407. The van der Waals surface area contributed by atoms with Gasteiger partial charge in [-0.15, -0.1) is 10.2 Å². The lowest BCUT2D eigenvalue weighted by molar-refractivity contribution is -0.137. The number of nitrogens with one attached hydrogen (secondary N) is 1. The summed E-state index contributed by atoms with van der Waals surface area (Å²) < 4.78 is 1.76. The summed E-state index contributed by atoms with van der Waals surface area (Å²) in [6.45, 7) is 4.86. The lowest BCUT2D eigenvalue weighted by Gasteiger charge is -2.08. The Bertz CT molecular complexity index is 834. The fraction of sp³-hybridized carbons (Fsp3) is 0.444. The maximum Gasteiger partial charge on any atom is 0.353 e. The summed E-state index contributed by atoms with van der Waals surface area (Å²) >= 11 is 0. The Morgan fingerprint density at radius 2 is 2.04 bits per heavy atom. The highest BCUT2D eigenvalue weighted by atomic mass is 16.3. The van der Waals surface area contributed by atoms with Gasteiger partial charge in [0.15, 0.2) is 5.69 Å². The number of hydrogen-bond acceptors (Lipinski definition) is 4. The van der Waals surface area contributed by atoms with Crippen molar-refractivity contribution >= 4 is 28.4 Å². The molecule has 0 aliphatic heterocycles. The van der Waals surface area contributed by atoms with Crippen LogP contribution in [0, 0.1) is 5.92 Å². The summed E-state index contributed by atoms with van der Waals surface area (Å²) in [6.07, 6.45) is 2.67. The van der Waals surface area contributed by atoms with Crippen LogP contribution >= 0.6 is 0 Å². The standard InChI is InChI=1S/C18H22N4O3/c1-11(2)9-10-22-14-6-4-3-5-13(14)15(18(22)25)20-21-17(24)16(23)19-12-7-8-12/h3-6,11-12,25H,7-10H2,1-2H3,(H,19,23). The van der Waals surface area contributed by atoms with Crippen molar-refractivity contribution in [2.45, 2.75) is 45.7 Å². The zero-order valence-corrected chi connectivity index (χ0v) is 14.4. The molecule has 2 aromatic rings. The van der Waals surface area contributed by atoms with Gasteiger partial charge in [-0.3, -0.25) is 9.59 Å². The fourth-order valence-corrected chi connectivity index (χ4v) is 2.60. The van der Waals surface area contributed by atoms with Gasteiger partial charge in [-0.1, -0.05) is 32.0 Å². The second-order valence-corrected chi connectivity index (χ2v) is 6.78. The van der Waals surface area contributed by atoms with Crippen molar-refractivity contribution in [3.05, 3.63) is 24.3 Å². The number of rotatable bonds is 5. The molecule has 7 heteroatoms. The summed E-state index contributed by atoms with van der Waals surface area (Å²) in [5.41, 5.74) is 1.04. The lowest BCUT2D eigenvalue weighted by atomic mass is 10.1. The molecule has 3 rings (SSSR count). The largest absolute Gasteiger partial charge is 0.493 e. The van der Waals surface area contributed by atoms with Gasteiger partial charge in [0.05, 0.1) is 5.52 Å². The molecule has 7 nitrogen and oxygen atoms in total. The second-order valence-electron chi connectivity index (χ2n) is 6.78. The SMILES string of the molecule is CC(C)CCn1c(O)c(N=NC(=O)C(=O)NC2CC2)c2ccccc21.